The second kappa shape index (κ2) is 6.22. The number of sulfone groups is 1. The lowest BCUT2D eigenvalue weighted by Gasteiger charge is -2.21. The molecule has 1 aromatic rings. The monoisotopic (exact) mass is 412 g/mol. The summed E-state index contributed by atoms with van der Waals surface area (Å²) in [5.41, 5.74) is 0.897. The van der Waals surface area contributed by atoms with Crippen LogP contribution >= 0.6 is 31.9 Å². The first-order chi connectivity index (χ1) is 8.93. The van der Waals surface area contributed by atoms with Crippen molar-refractivity contribution in [2.75, 3.05) is 16.8 Å². The Morgan fingerprint density at radius 3 is 2.74 bits per heavy atom. The SMILES string of the molecule is O=S1(=O)CCC(C(CBr)Cc2cccc(F)c2Br)C1. The van der Waals surface area contributed by atoms with Gasteiger partial charge >= 0.3 is 0 Å². The Morgan fingerprint density at radius 1 is 1.42 bits per heavy atom. The van der Waals surface area contributed by atoms with Crippen molar-refractivity contribution in [3.8, 4) is 0 Å². The first kappa shape index (κ1) is 15.4. The topological polar surface area (TPSA) is 34.1 Å². The Balaban J connectivity index is 2.14. The van der Waals surface area contributed by atoms with Crippen LogP contribution in [0.1, 0.15) is 12.0 Å². The van der Waals surface area contributed by atoms with Crippen molar-refractivity contribution in [1.29, 1.82) is 0 Å². The molecule has 1 aliphatic rings. The van der Waals surface area contributed by atoms with Crippen LogP contribution in [-0.4, -0.2) is 25.3 Å². The highest BCUT2D eigenvalue weighted by atomic mass is 79.9. The zero-order valence-electron chi connectivity index (χ0n) is 10.3. The van der Waals surface area contributed by atoms with Crippen LogP contribution in [0.4, 0.5) is 4.39 Å². The lowest BCUT2D eigenvalue weighted by atomic mass is 9.88. The van der Waals surface area contributed by atoms with Crippen molar-refractivity contribution in [1.82, 2.24) is 0 Å². The molecular weight excluding hydrogens is 399 g/mol. The van der Waals surface area contributed by atoms with E-state index in [2.05, 4.69) is 31.9 Å². The van der Waals surface area contributed by atoms with Crippen LogP contribution in [0.15, 0.2) is 22.7 Å². The van der Waals surface area contributed by atoms with Gasteiger partial charge in [-0.25, -0.2) is 12.8 Å². The average molecular weight is 414 g/mol. The number of alkyl halides is 1. The summed E-state index contributed by atoms with van der Waals surface area (Å²) in [5, 5.41) is 0.732. The van der Waals surface area contributed by atoms with E-state index < -0.39 is 9.84 Å². The summed E-state index contributed by atoms with van der Waals surface area (Å²) in [7, 11) is -2.87. The maximum absolute atomic E-state index is 13.5. The fourth-order valence-corrected chi connectivity index (χ4v) is 5.63. The minimum atomic E-state index is -2.87. The lowest BCUT2D eigenvalue weighted by molar-refractivity contribution is 0.401. The van der Waals surface area contributed by atoms with Crippen LogP contribution in [-0.2, 0) is 16.3 Å². The van der Waals surface area contributed by atoms with Crippen LogP contribution in [0.25, 0.3) is 0 Å². The Labute approximate surface area is 130 Å². The fraction of sp³-hybridized carbons (Fsp3) is 0.538. The maximum atomic E-state index is 13.5. The predicted octanol–water partition coefficient (Wildman–Crippen LogP) is 3.58. The summed E-state index contributed by atoms with van der Waals surface area (Å²) in [6.07, 6.45) is 1.40. The molecule has 106 valence electrons. The van der Waals surface area contributed by atoms with Gasteiger partial charge in [0.1, 0.15) is 5.82 Å². The van der Waals surface area contributed by atoms with Gasteiger partial charge < -0.3 is 0 Å². The highest BCUT2D eigenvalue weighted by Crippen LogP contribution is 2.32. The largest absolute Gasteiger partial charge is 0.229 e. The number of hydrogen-bond acceptors (Lipinski definition) is 2. The third-order valence-electron chi connectivity index (χ3n) is 3.65. The Bertz CT molecular complexity index is 560. The molecule has 0 saturated carbocycles. The van der Waals surface area contributed by atoms with E-state index in [9.17, 15) is 12.8 Å². The smallest absolute Gasteiger partial charge is 0.150 e. The molecule has 1 saturated heterocycles. The zero-order valence-corrected chi connectivity index (χ0v) is 14.3. The van der Waals surface area contributed by atoms with E-state index in [1.54, 1.807) is 6.07 Å². The molecule has 0 bridgehead atoms. The van der Waals surface area contributed by atoms with Gasteiger partial charge in [0, 0.05) is 5.33 Å². The van der Waals surface area contributed by atoms with Crippen molar-refractivity contribution < 1.29 is 12.8 Å². The lowest BCUT2D eigenvalue weighted by Crippen LogP contribution is -2.20. The van der Waals surface area contributed by atoms with Crippen LogP contribution in [0.3, 0.4) is 0 Å². The van der Waals surface area contributed by atoms with Gasteiger partial charge in [0.2, 0.25) is 0 Å². The van der Waals surface area contributed by atoms with Crippen molar-refractivity contribution in [2.45, 2.75) is 12.8 Å². The van der Waals surface area contributed by atoms with Crippen molar-refractivity contribution in [2.24, 2.45) is 11.8 Å². The van der Waals surface area contributed by atoms with Crippen molar-refractivity contribution in [3.05, 3.63) is 34.1 Å². The standard InChI is InChI=1S/C13H15Br2FO2S/c14-7-11(10-4-5-19(17,18)8-10)6-9-2-1-3-12(16)13(9)15/h1-3,10-11H,4-8H2. The molecule has 0 spiro atoms. The number of halogens is 3. The van der Waals surface area contributed by atoms with Gasteiger partial charge in [0.25, 0.3) is 0 Å². The molecule has 0 amide bonds. The van der Waals surface area contributed by atoms with Gasteiger partial charge in [0.05, 0.1) is 16.0 Å². The zero-order chi connectivity index (χ0) is 14.0. The quantitative estimate of drug-likeness (QED) is 0.707. The van der Waals surface area contributed by atoms with Gasteiger partial charge in [-0.1, -0.05) is 28.1 Å². The average Bonchev–Trinajstić information content (AvgIpc) is 2.71. The molecule has 19 heavy (non-hydrogen) atoms. The van der Waals surface area contributed by atoms with E-state index in [0.29, 0.717) is 17.3 Å². The first-order valence-electron chi connectivity index (χ1n) is 6.12. The second-order valence-corrected chi connectivity index (χ2v) is 8.66. The van der Waals surface area contributed by atoms with Crippen LogP contribution in [0, 0.1) is 17.7 Å². The molecule has 6 heteroatoms. The minimum absolute atomic E-state index is 0.166. The van der Waals surface area contributed by atoms with E-state index in [1.807, 2.05) is 6.07 Å². The van der Waals surface area contributed by atoms with Gasteiger partial charge in [-0.2, -0.15) is 0 Å². The first-order valence-corrected chi connectivity index (χ1v) is 9.86. The highest BCUT2D eigenvalue weighted by molar-refractivity contribution is 9.10. The van der Waals surface area contributed by atoms with E-state index in [0.717, 1.165) is 10.9 Å². The molecule has 1 aromatic carbocycles. The number of hydrogen-bond donors (Lipinski definition) is 0. The van der Waals surface area contributed by atoms with Gasteiger partial charge in [-0.3, -0.25) is 0 Å². The van der Waals surface area contributed by atoms with Crippen LogP contribution in [0.5, 0.6) is 0 Å². The van der Waals surface area contributed by atoms with Gasteiger partial charge in [-0.15, -0.1) is 0 Å². The maximum Gasteiger partial charge on any atom is 0.150 e. The number of rotatable bonds is 4. The molecular formula is C13H15Br2FO2S. The van der Waals surface area contributed by atoms with Gasteiger partial charge in [0.15, 0.2) is 9.84 Å². The summed E-state index contributed by atoms with van der Waals surface area (Å²) in [5.74, 6) is 0.654. The summed E-state index contributed by atoms with van der Waals surface area (Å²) in [6.45, 7) is 0. The Hall–Kier alpha value is 0.0600. The Kier molecular flexibility index (Phi) is 5.06. The van der Waals surface area contributed by atoms with Crippen molar-refractivity contribution in [3.63, 3.8) is 0 Å². The van der Waals surface area contributed by atoms with E-state index >= 15 is 0 Å². The Morgan fingerprint density at radius 2 is 2.16 bits per heavy atom. The number of benzene rings is 1. The molecule has 0 N–H and O–H groups in total. The molecule has 1 aliphatic heterocycles. The molecule has 2 rings (SSSR count). The van der Waals surface area contributed by atoms with Crippen molar-refractivity contribution >= 4 is 41.7 Å². The minimum Gasteiger partial charge on any atom is -0.229 e. The molecule has 0 radical (unpaired) electrons. The van der Waals surface area contributed by atoms with E-state index in [4.69, 9.17) is 0 Å². The molecule has 2 nitrogen and oxygen atoms in total. The van der Waals surface area contributed by atoms with E-state index in [1.165, 1.54) is 6.07 Å². The molecule has 2 atom stereocenters. The molecule has 0 aliphatic carbocycles. The third-order valence-corrected chi connectivity index (χ3v) is 7.16. The summed E-state index contributed by atoms with van der Waals surface area (Å²) in [4.78, 5) is 0. The van der Waals surface area contributed by atoms with Crippen LogP contribution < -0.4 is 0 Å². The summed E-state index contributed by atoms with van der Waals surface area (Å²) < 4.78 is 37.1. The molecule has 1 heterocycles. The third kappa shape index (κ3) is 3.79. The fourth-order valence-electron chi connectivity index (χ4n) is 2.53. The van der Waals surface area contributed by atoms with E-state index in [-0.39, 0.29) is 29.2 Å². The normalized spacial score (nSPS) is 23.4. The molecule has 0 aromatic heterocycles. The van der Waals surface area contributed by atoms with Gasteiger partial charge in [-0.05, 0) is 52.2 Å². The summed E-state index contributed by atoms with van der Waals surface area (Å²) in [6, 6.07) is 4.98. The summed E-state index contributed by atoms with van der Waals surface area (Å²) >= 11 is 6.72. The highest BCUT2D eigenvalue weighted by Gasteiger charge is 2.33. The molecule has 1 fully saturated rings. The predicted molar refractivity (Wildman–Crippen MR) is 81.8 cm³/mol. The second-order valence-electron chi connectivity index (χ2n) is 4.99. The molecule has 2 unspecified atom stereocenters. The van der Waals surface area contributed by atoms with Crippen LogP contribution in [0.2, 0.25) is 0 Å².